The molecule has 1 aliphatic carbocycles. The van der Waals surface area contributed by atoms with E-state index in [2.05, 4.69) is 48.9 Å². The Morgan fingerprint density at radius 2 is 1.67 bits per heavy atom. The Kier molecular flexibility index (Phi) is 3.30. The van der Waals surface area contributed by atoms with Crippen LogP contribution in [-0.2, 0) is 10.1 Å². The van der Waals surface area contributed by atoms with Gasteiger partial charge in [0.25, 0.3) is 0 Å². The fourth-order valence-electron chi connectivity index (χ4n) is 2.74. The van der Waals surface area contributed by atoms with Crippen LogP contribution in [0.4, 0.5) is 5.69 Å². The minimum Gasteiger partial charge on any atom is -0.326 e. The van der Waals surface area contributed by atoms with E-state index in [0.29, 0.717) is 0 Å². The number of hydrogen-bond donors (Lipinski definition) is 1. The third-order valence-electron chi connectivity index (χ3n) is 4.66. The zero-order valence-corrected chi connectivity index (χ0v) is 13.0. The van der Waals surface area contributed by atoms with Crippen molar-refractivity contribution in [1.29, 1.82) is 0 Å². The lowest BCUT2D eigenvalue weighted by molar-refractivity contribution is -0.118. The van der Waals surface area contributed by atoms with Gasteiger partial charge in [0.2, 0.25) is 5.91 Å². The number of rotatable bonds is 3. The summed E-state index contributed by atoms with van der Waals surface area (Å²) in [6, 6.07) is 7.95. The highest BCUT2D eigenvalue weighted by molar-refractivity contribution is 9.08. The molecule has 18 heavy (non-hydrogen) atoms. The lowest BCUT2D eigenvalue weighted by Gasteiger charge is -2.07. The Hall–Kier alpha value is -0.830. The SMILES string of the molecule is CC1(C)C(C(=O)Nc2ccc(CBr)cc2)C1(C)C. The summed E-state index contributed by atoms with van der Waals surface area (Å²) in [4.78, 5) is 12.2. The molecule has 1 aliphatic rings. The van der Waals surface area contributed by atoms with Gasteiger partial charge in [0.15, 0.2) is 0 Å². The summed E-state index contributed by atoms with van der Waals surface area (Å²) in [5, 5.41) is 3.85. The second-order valence-corrected chi connectivity index (χ2v) is 6.76. The number of hydrogen-bond acceptors (Lipinski definition) is 1. The molecule has 0 unspecified atom stereocenters. The molecule has 1 aromatic rings. The minimum atomic E-state index is 0.0902. The molecule has 0 saturated heterocycles. The Labute approximate surface area is 117 Å². The van der Waals surface area contributed by atoms with Gasteiger partial charge in [-0.2, -0.15) is 0 Å². The summed E-state index contributed by atoms with van der Waals surface area (Å²) in [6.45, 7) is 8.63. The zero-order chi connectivity index (χ0) is 13.6. The summed E-state index contributed by atoms with van der Waals surface area (Å²) in [5.74, 6) is 0.234. The number of halogens is 1. The third-order valence-corrected chi connectivity index (χ3v) is 5.31. The van der Waals surface area contributed by atoms with Gasteiger partial charge in [-0.3, -0.25) is 4.79 Å². The van der Waals surface area contributed by atoms with E-state index in [1.807, 2.05) is 24.3 Å². The highest BCUT2D eigenvalue weighted by Gasteiger charge is 2.68. The van der Waals surface area contributed by atoms with E-state index in [4.69, 9.17) is 0 Å². The fourth-order valence-corrected chi connectivity index (χ4v) is 3.12. The first-order valence-electron chi connectivity index (χ1n) is 6.26. The Balaban J connectivity index is 2.05. The van der Waals surface area contributed by atoms with Crippen LogP contribution < -0.4 is 5.32 Å². The van der Waals surface area contributed by atoms with E-state index in [-0.39, 0.29) is 22.7 Å². The molecule has 0 heterocycles. The molecule has 1 N–H and O–H groups in total. The van der Waals surface area contributed by atoms with Crippen LogP contribution in [0.25, 0.3) is 0 Å². The van der Waals surface area contributed by atoms with Gasteiger partial charge in [-0.15, -0.1) is 0 Å². The highest BCUT2D eigenvalue weighted by atomic mass is 79.9. The van der Waals surface area contributed by atoms with Gasteiger partial charge in [-0.05, 0) is 28.5 Å². The van der Waals surface area contributed by atoms with Crippen molar-refractivity contribution in [2.45, 2.75) is 33.0 Å². The summed E-state index contributed by atoms with van der Waals surface area (Å²) < 4.78 is 0. The van der Waals surface area contributed by atoms with E-state index in [1.165, 1.54) is 5.56 Å². The number of benzene rings is 1. The molecule has 1 amide bonds. The first-order valence-corrected chi connectivity index (χ1v) is 7.38. The molecule has 98 valence electrons. The number of alkyl halides is 1. The van der Waals surface area contributed by atoms with E-state index in [9.17, 15) is 4.79 Å². The number of carbonyl (C=O) groups is 1. The molecule has 0 aromatic heterocycles. The van der Waals surface area contributed by atoms with Crippen LogP contribution in [0.1, 0.15) is 33.3 Å². The first-order chi connectivity index (χ1) is 8.30. The third kappa shape index (κ3) is 2.09. The van der Waals surface area contributed by atoms with Gasteiger partial charge in [-0.25, -0.2) is 0 Å². The number of nitrogens with one attached hydrogen (secondary N) is 1. The predicted octanol–water partition coefficient (Wildman–Crippen LogP) is 4.20. The Bertz CT molecular complexity index is 448. The van der Waals surface area contributed by atoms with Gasteiger partial charge in [0.1, 0.15) is 0 Å². The van der Waals surface area contributed by atoms with E-state index in [1.54, 1.807) is 0 Å². The standard InChI is InChI=1S/C15H20BrNO/c1-14(2)12(15(14,3)4)13(18)17-11-7-5-10(9-16)6-8-11/h5-8,12H,9H2,1-4H3,(H,17,18). The van der Waals surface area contributed by atoms with Crippen LogP contribution in [0.5, 0.6) is 0 Å². The van der Waals surface area contributed by atoms with Crippen molar-refractivity contribution in [3.8, 4) is 0 Å². The molecule has 0 radical (unpaired) electrons. The van der Waals surface area contributed by atoms with Crippen molar-refractivity contribution in [3.05, 3.63) is 29.8 Å². The van der Waals surface area contributed by atoms with Crippen LogP contribution in [0.15, 0.2) is 24.3 Å². The number of anilines is 1. The maximum absolute atomic E-state index is 12.2. The monoisotopic (exact) mass is 309 g/mol. The zero-order valence-electron chi connectivity index (χ0n) is 11.4. The quantitative estimate of drug-likeness (QED) is 0.833. The Morgan fingerprint density at radius 3 is 2.06 bits per heavy atom. The van der Waals surface area contributed by atoms with Crippen molar-refractivity contribution in [3.63, 3.8) is 0 Å². The smallest absolute Gasteiger partial charge is 0.228 e. The average molecular weight is 310 g/mol. The van der Waals surface area contributed by atoms with Crippen molar-refractivity contribution in [2.75, 3.05) is 5.32 Å². The Morgan fingerprint density at radius 1 is 1.17 bits per heavy atom. The van der Waals surface area contributed by atoms with Crippen LogP contribution in [0, 0.1) is 16.7 Å². The average Bonchev–Trinajstić information content (AvgIpc) is 2.70. The fraction of sp³-hybridized carbons (Fsp3) is 0.533. The number of carbonyl (C=O) groups excluding carboxylic acids is 1. The molecule has 2 nitrogen and oxygen atoms in total. The minimum absolute atomic E-state index is 0.0902. The summed E-state index contributed by atoms with van der Waals surface area (Å²) in [6.07, 6.45) is 0. The first kappa shape index (κ1) is 13.6. The largest absolute Gasteiger partial charge is 0.326 e. The molecular formula is C15H20BrNO. The normalized spacial score (nSPS) is 20.5. The van der Waals surface area contributed by atoms with Crippen molar-refractivity contribution >= 4 is 27.5 Å². The van der Waals surface area contributed by atoms with E-state index < -0.39 is 0 Å². The van der Waals surface area contributed by atoms with Gasteiger partial charge in [0.05, 0.1) is 0 Å². The molecule has 1 fully saturated rings. The molecule has 2 rings (SSSR count). The second kappa shape index (κ2) is 4.37. The van der Waals surface area contributed by atoms with E-state index >= 15 is 0 Å². The molecule has 0 spiro atoms. The van der Waals surface area contributed by atoms with Crippen LogP contribution >= 0.6 is 15.9 Å². The molecule has 0 bridgehead atoms. The molecule has 1 aromatic carbocycles. The van der Waals surface area contributed by atoms with E-state index in [0.717, 1.165) is 11.0 Å². The van der Waals surface area contributed by atoms with Gasteiger partial charge >= 0.3 is 0 Å². The maximum Gasteiger partial charge on any atom is 0.228 e. The predicted molar refractivity (Wildman–Crippen MR) is 78.8 cm³/mol. The van der Waals surface area contributed by atoms with Gasteiger partial charge in [0, 0.05) is 16.9 Å². The van der Waals surface area contributed by atoms with Gasteiger partial charge < -0.3 is 5.32 Å². The van der Waals surface area contributed by atoms with Crippen LogP contribution in [-0.4, -0.2) is 5.91 Å². The summed E-state index contributed by atoms with van der Waals surface area (Å²) in [5.41, 5.74) is 2.27. The summed E-state index contributed by atoms with van der Waals surface area (Å²) in [7, 11) is 0. The molecule has 1 saturated carbocycles. The second-order valence-electron chi connectivity index (χ2n) is 6.20. The van der Waals surface area contributed by atoms with Crippen LogP contribution in [0.3, 0.4) is 0 Å². The van der Waals surface area contributed by atoms with Crippen molar-refractivity contribution in [2.24, 2.45) is 16.7 Å². The number of amides is 1. The highest BCUT2D eigenvalue weighted by Crippen LogP contribution is 2.68. The summed E-state index contributed by atoms with van der Waals surface area (Å²) >= 11 is 3.41. The van der Waals surface area contributed by atoms with Gasteiger partial charge in [-0.1, -0.05) is 55.8 Å². The van der Waals surface area contributed by atoms with Crippen molar-refractivity contribution < 1.29 is 4.79 Å². The molecule has 0 atom stereocenters. The lowest BCUT2D eigenvalue weighted by atomic mass is 10.0. The van der Waals surface area contributed by atoms with Crippen LogP contribution in [0.2, 0.25) is 0 Å². The van der Waals surface area contributed by atoms with Crippen molar-refractivity contribution in [1.82, 2.24) is 0 Å². The maximum atomic E-state index is 12.2. The lowest BCUT2D eigenvalue weighted by Crippen LogP contribution is -2.17. The molecular weight excluding hydrogens is 290 g/mol. The molecule has 0 aliphatic heterocycles. The topological polar surface area (TPSA) is 29.1 Å². The molecule has 3 heteroatoms.